The zero-order valence-corrected chi connectivity index (χ0v) is 13.0. The van der Waals surface area contributed by atoms with Gasteiger partial charge in [0.2, 0.25) is 5.95 Å². The van der Waals surface area contributed by atoms with Crippen LogP contribution in [0, 0.1) is 0 Å². The third-order valence-electron chi connectivity index (χ3n) is 4.27. The molecule has 1 N–H and O–H groups in total. The first kappa shape index (κ1) is 14.6. The number of carbonyl (C=O) groups is 1. The van der Waals surface area contributed by atoms with Crippen LogP contribution in [0.3, 0.4) is 0 Å². The number of aromatic nitrogens is 3. The fourth-order valence-electron chi connectivity index (χ4n) is 3.14. The SMILES string of the molecule is CNC(=O)c1ccc([C@@H]2CCCCN2c2ncccn2)n1C. The first-order chi connectivity index (χ1) is 10.7. The molecule has 116 valence electrons. The van der Waals surface area contributed by atoms with Gasteiger partial charge in [-0.15, -0.1) is 0 Å². The number of nitrogens with zero attached hydrogens (tertiary/aromatic N) is 4. The van der Waals surface area contributed by atoms with Gasteiger partial charge in [-0.25, -0.2) is 9.97 Å². The van der Waals surface area contributed by atoms with Crippen LogP contribution in [0.1, 0.15) is 41.5 Å². The molecule has 6 nitrogen and oxygen atoms in total. The maximum atomic E-state index is 11.9. The van der Waals surface area contributed by atoms with E-state index in [4.69, 9.17) is 0 Å². The smallest absolute Gasteiger partial charge is 0.267 e. The van der Waals surface area contributed by atoms with Gasteiger partial charge in [0.1, 0.15) is 5.69 Å². The topological polar surface area (TPSA) is 63.1 Å². The van der Waals surface area contributed by atoms with Gasteiger partial charge in [0.25, 0.3) is 5.91 Å². The van der Waals surface area contributed by atoms with Gasteiger partial charge in [0, 0.05) is 38.7 Å². The molecule has 2 aromatic rings. The highest BCUT2D eigenvalue weighted by Gasteiger charge is 2.28. The molecule has 0 aliphatic carbocycles. The molecule has 3 rings (SSSR count). The van der Waals surface area contributed by atoms with Gasteiger partial charge in [-0.2, -0.15) is 0 Å². The summed E-state index contributed by atoms with van der Waals surface area (Å²) in [7, 11) is 3.60. The molecule has 1 atom stereocenters. The molecule has 1 aliphatic heterocycles. The van der Waals surface area contributed by atoms with Gasteiger partial charge in [0.05, 0.1) is 6.04 Å². The van der Waals surface area contributed by atoms with Crippen molar-refractivity contribution in [2.75, 3.05) is 18.5 Å². The van der Waals surface area contributed by atoms with Gasteiger partial charge in [-0.05, 0) is 37.5 Å². The van der Waals surface area contributed by atoms with Crippen LogP contribution in [0.4, 0.5) is 5.95 Å². The zero-order chi connectivity index (χ0) is 15.5. The summed E-state index contributed by atoms with van der Waals surface area (Å²) in [6.07, 6.45) is 6.91. The molecule has 1 aliphatic rings. The number of hydrogen-bond donors (Lipinski definition) is 1. The molecule has 1 saturated heterocycles. The summed E-state index contributed by atoms with van der Waals surface area (Å²) in [5.41, 5.74) is 1.81. The average molecular weight is 299 g/mol. The van der Waals surface area contributed by atoms with Crippen molar-refractivity contribution in [3.05, 3.63) is 42.0 Å². The van der Waals surface area contributed by atoms with Crippen LogP contribution in [0.15, 0.2) is 30.6 Å². The molecule has 0 bridgehead atoms. The molecule has 0 saturated carbocycles. The number of carbonyl (C=O) groups excluding carboxylic acids is 1. The lowest BCUT2D eigenvalue weighted by atomic mass is 10.00. The Morgan fingerprint density at radius 2 is 2.05 bits per heavy atom. The number of anilines is 1. The van der Waals surface area contributed by atoms with Gasteiger partial charge < -0.3 is 14.8 Å². The number of rotatable bonds is 3. The second kappa shape index (κ2) is 6.17. The summed E-state index contributed by atoms with van der Waals surface area (Å²) in [6.45, 7) is 0.940. The van der Waals surface area contributed by atoms with Crippen molar-refractivity contribution in [1.82, 2.24) is 19.9 Å². The number of hydrogen-bond acceptors (Lipinski definition) is 4. The van der Waals surface area contributed by atoms with Crippen molar-refractivity contribution < 1.29 is 4.79 Å². The normalized spacial score (nSPS) is 18.3. The second-order valence-corrected chi connectivity index (χ2v) is 5.54. The predicted octanol–water partition coefficient (Wildman–Crippen LogP) is 1.91. The summed E-state index contributed by atoms with van der Waals surface area (Å²) in [6, 6.07) is 5.96. The summed E-state index contributed by atoms with van der Waals surface area (Å²) in [5, 5.41) is 2.68. The minimum atomic E-state index is -0.0629. The van der Waals surface area contributed by atoms with Crippen LogP contribution in [0.2, 0.25) is 0 Å². The van der Waals surface area contributed by atoms with Crippen molar-refractivity contribution in [2.45, 2.75) is 25.3 Å². The Balaban J connectivity index is 1.95. The van der Waals surface area contributed by atoms with Crippen molar-refractivity contribution in [2.24, 2.45) is 7.05 Å². The highest BCUT2D eigenvalue weighted by atomic mass is 16.1. The van der Waals surface area contributed by atoms with Crippen molar-refractivity contribution in [3.8, 4) is 0 Å². The summed E-state index contributed by atoms with van der Waals surface area (Å²) >= 11 is 0. The first-order valence-electron chi connectivity index (χ1n) is 7.63. The lowest BCUT2D eigenvalue weighted by molar-refractivity contribution is 0.0954. The molecule has 22 heavy (non-hydrogen) atoms. The van der Waals surface area contributed by atoms with E-state index in [-0.39, 0.29) is 11.9 Å². The van der Waals surface area contributed by atoms with Crippen LogP contribution in [0.5, 0.6) is 0 Å². The molecule has 2 aromatic heterocycles. The Morgan fingerprint density at radius 1 is 1.27 bits per heavy atom. The zero-order valence-electron chi connectivity index (χ0n) is 13.0. The quantitative estimate of drug-likeness (QED) is 0.940. The molecule has 6 heteroatoms. The predicted molar refractivity (Wildman–Crippen MR) is 84.8 cm³/mol. The lowest BCUT2D eigenvalue weighted by Crippen LogP contribution is -2.36. The standard InChI is InChI=1S/C16H21N5O/c1-17-15(22)14-8-7-12(20(14)2)13-6-3-4-11-21(13)16-18-9-5-10-19-16/h5,7-10,13H,3-4,6,11H2,1-2H3,(H,17,22)/t13-/m0/s1. The Bertz CT molecular complexity index is 652. The van der Waals surface area contributed by atoms with Gasteiger partial charge in [-0.1, -0.05) is 0 Å². The van der Waals surface area contributed by atoms with Gasteiger partial charge >= 0.3 is 0 Å². The minimum absolute atomic E-state index is 0.0629. The summed E-state index contributed by atoms with van der Waals surface area (Å²) < 4.78 is 1.98. The van der Waals surface area contributed by atoms with Crippen LogP contribution in [0.25, 0.3) is 0 Å². The largest absolute Gasteiger partial charge is 0.354 e. The number of piperidine rings is 1. The Kier molecular flexibility index (Phi) is 4.09. The van der Waals surface area contributed by atoms with E-state index in [9.17, 15) is 4.79 Å². The van der Waals surface area contributed by atoms with Crippen molar-refractivity contribution in [3.63, 3.8) is 0 Å². The maximum absolute atomic E-state index is 11.9. The van der Waals surface area contributed by atoms with Crippen LogP contribution >= 0.6 is 0 Å². The van der Waals surface area contributed by atoms with Crippen LogP contribution in [-0.2, 0) is 7.05 Å². The number of nitrogens with one attached hydrogen (secondary N) is 1. The molecule has 0 unspecified atom stereocenters. The van der Waals surface area contributed by atoms with E-state index >= 15 is 0 Å². The van der Waals surface area contributed by atoms with Crippen LogP contribution in [-0.4, -0.2) is 34.0 Å². The monoisotopic (exact) mass is 299 g/mol. The van der Waals surface area contributed by atoms with Crippen LogP contribution < -0.4 is 10.2 Å². The summed E-state index contributed by atoms with van der Waals surface area (Å²) in [5.74, 6) is 0.696. The summed E-state index contributed by atoms with van der Waals surface area (Å²) in [4.78, 5) is 22.9. The maximum Gasteiger partial charge on any atom is 0.267 e. The highest BCUT2D eigenvalue weighted by molar-refractivity contribution is 5.92. The van der Waals surface area contributed by atoms with Gasteiger partial charge in [0.15, 0.2) is 0 Å². The fraction of sp³-hybridized carbons (Fsp3) is 0.438. The molecular weight excluding hydrogens is 278 g/mol. The van der Waals surface area contributed by atoms with Gasteiger partial charge in [-0.3, -0.25) is 4.79 Å². The third kappa shape index (κ3) is 2.56. The Labute approximate surface area is 130 Å². The van der Waals surface area contributed by atoms with E-state index in [1.807, 2.05) is 29.8 Å². The fourth-order valence-corrected chi connectivity index (χ4v) is 3.14. The first-order valence-corrected chi connectivity index (χ1v) is 7.63. The molecule has 1 amide bonds. The van der Waals surface area contributed by atoms with E-state index in [1.165, 1.54) is 6.42 Å². The number of amides is 1. The highest BCUT2D eigenvalue weighted by Crippen LogP contribution is 2.33. The second-order valence-electron chi connectivity index (χ2n) is 5.54. The lowest BCUT2D eigenvalue weighted by Gasteiger charge is -2.36. The average Bonchev–Trinajstić information content (AvgIpc) is 2.96. The van der Waals surface area contributed by atoms with E-state index in [1.54, 1.807) is 19.4 Å². The molecule has 0 spiro atoms. The molecule has 1 fully saturated rings. The Hall–Kier alpha value is -2.37. The van der Waals surface area contributed by atoms with E-state index in [2.05, 4.69) is 20.2 Å². The van der Waals surface area contributed by atoms with Crippen molar-refractivity contribution in [1.29, 1.82) is 0 Å². The van der Waals surface area contributed by atoms with E-state index in [0.717, 1.165) is 31.0 Å². The third-order valence-corrected chi connectivity index (χ3v) is 4.27. The molecule has 3 heterocycles. The Morgan fingerprint density at radius 3 is 2.77 bits per heavy atom. The minimum Gasteiger partial charge on any atom is -0.354 e. The molecular formula is C16H21N5O. The molecule has 0 aromatic carbocycles. The van der Waals surface area contributed by atoms with Crippen molar-refractivity contribution >= 4 is 11.9 Å². The van der Waals surface area contributed by atoms with E-state index in [0.29, 0.717) is 5.69 Å². The van der Waals surface area contributed by atoms with E-state index < -0.39 is 0 Å². The molecule has 0 radical (unpaired) electrons.